The maximum Gasteiger partial charge on any atom is 0.189 e. The average molecular weight is 320 g/mol. The van der Waals surface area contributed by atoms with E-state index >= 15 is 0 Å². The minimum Gasteiger partial charge on any atom is -0.289 e. The van der Waals surface area contributed by atoms with Gasteiger partial charge in [-0.3, -0.25) is 4.79 Å². The lowest BCUT2D eigenvalue weighted by atomic mass is 10.1. The number of aromatic nitrogens is 2. The molecule has 2 aromatic carbocycles. The number of ketones is 1. The van der Waals surface area contributed by atoms with Crippen molar-refractivity contribution < 1.29 is 9.18 Å². The maximum atomic E-state index is 13.6. The van der Waals surface area contributed by atoms with Crippen LogP contribution in [0.4, 0.5) is 4.39 Å². The van der Waals surface area contributed by atoms with E-state index < -0.39 is 0 Å². The second kappa shape index (κ2) is 6.62. The van der Waals surface area contributed by atoms with E-state index in [0.29, 0.717) is 16.8 Å². The zero-order valence-corrected chi connectivity index (χ0v) is 13.5. The van der Waals surface area contributed by atoms with E-state index in [1.54, 1.807) is 29.8 Å². The second-order valence-electron chi connectivity index (χ2n) is 5.51. The lowest BCUT2D eigenvalue weighted by molar-refractivity contribution is 0.104. The number of carbonyl (C=O) groups excluding carboxylic acids is 1. The Balaban J connectivity index is 1.94. The summed E-state index contributed by atoms with van der Waals surface area (Å²) in [5.74, 6) is -0.537. The second-order valence-corrected chi connectivity index (χ2v) is 5.51. The molecule has 1 heterocycles. The van der Waals surface area contributed by atoms with Crippen molar-refractivity contribution in [3.05, 3.63) is 89.0 Å². The fraction of sp³-hybridized carbons (Fsp3) is 0.100. The van der Waals surface area contributed by atoms with Crippen LogP contribution < -0.4 is 0 Å². The Morgan fingerprint density at radius 3 is 2.42 bits per heavy atom. The van der Waals surface area contributed by atoms with Crippen LogP contribution >= 0.6 is 0 Å². The summed E-state index contributed by atoms with van der Waals surface area (Å²) in [5.41, 5.74) is 3.25. The number of rotatable bonds is 4. The number of halogens is 1. The van der Waals surface area contributed by atoms with Crippen LogP contribution in [0.5, 0.6) is 0 Å². The Morgan fingerprint density at radius 1 is 1.04 bits per heavy atom. The van der Waals surface area contributed by atoms with Crippen LogP contribution in [0.2, 0.25) is 0 Å². The first-order chi connectivity index (χ1) is 11.6. The number of aryl methyl sites for hydroxylation is 1. The fourth-order valence-corrected chi connectivity index (χ4v) is 2.68. The molecule has 0 fully saturated rings. The summed E-state index contributed by atoms with van der Waals surface area (Å²) >= 11 is 0. The molecule has 0 aliphatic rings. The number of hydrogen-bond acceptors (Lipinski definition) is 2. The van der Waals surface area contributed by atoms with E-state index in [1.165, 1.54) is 18.2 Å². The molecule has 0 saturated heterocycles. The molecule has 0 radical (unpaired) electrons. The van der Waals surface area contributed by atoms with Crippen LogP contribution in [0, 0.1) is 19.7 Å². The molecule has 0 saturated carbocycles. The van der Waals surface area contributed by atoms with Crippen molar-refractivity contribution in [2.75, 3.05) is 0 Å². The first kappa shape index (κ1) is 15.9. The van der Waals surface area contributed by atoms with Crippen molar-refractivity contribution in [3.63, 3.8) is 0 Å². The van der Waals surface area contributed by atoms with E-state index in [1.807, 2.05) is 37.3 Å². The average Bonchev–Trinajstić information content (AvgIpc) is 2.89. The third-order valence-corrected chi connectivity index (χ3v) is 3.86. The molecule has 0 atom stereocenters. The summed E-state index contributed by atoms with van der Waals surface area (Å²) in [5, 5.41) is 4.46. The number of hydrogen-bond donors (Lipinski definition) is 0. The number of nitrogens with zero attached hydrogens (tertiary/aromatic N) is 2. The standard InChI is InChI=1S/C20H17FN2O/c1-14-20(15(2)23(22-14)17-9-4-3-5-10-17)19(24)13-12-16-8-6-7-11-18(16)21/h3-13H,1-2H3. The van der Waals surface area contributed by atoms with Gasteiger partial charge in [0.05, 0.1) is 22.6 Å². The molecule has 3 nitrogen and oxygen atoms in total. The molecule has 24 heavy (non-hydrogen) atoms. The highest BCUT2D eigenvalue weighted by Gasteiger charge is 2.17. The van der Waals surface area contributed by atoms with Crippen LogP contribution in [-0.4, -0.2) is 15.6 Å². The minimum atomic E-state index is -0.352. The van der Waals surface area contributed by atoms with Gasteiger partial charge in [0.15, 0.2) is 5.78 Å². The number of para-hydroxylation sites is 1. The molecule has 0 amide bonds. The molecular formula is C20H17FN2O. The zero-order chi connectivity index (χ0) is 17.1. The molecule has 0 spiro atoms. The molecule has 0 aliphatic heterocycles. The predicted molar refractivity (Wildman–Crippen MR) is 92.8 cm³/mol. The first-order valence-electron chi connectivity index (χ1n) is 7.66. The Hall–Kier alpha value is -3.01. The van der Waals surface area contributed by atoms with Crippen molar-refractivity contribution >= 4 is 11.9 Å². The van der Waals surface area contributed by atoms with Gasteiger partial charge in [-0.2, -0.15) is 5.10 Å². The van der Waals surface area contributed by atoms with Gasteiger partial charge >= 0.3 is 0 Å². The fourth-order valence-electron chi connectivity index (χ4n) is 2.68. The molecule has 4 heteroatoms. The van der Waals surface area contributed by atoms with Gasteiger partial charge in [0.1, 0.15) is 5.82 Å². The molecule has 120 valence electrons. The molecule has 0 unspecified atom stereocenters. The molecule has 3 rings (SSSR count). The Labute approximate surface area is 140 Å². The highest BCUT2D eigenvalue weighted by molar-refractivity contribution is 6.08. The molecule has 0 bridgehead atoms. The number of carbonyl (C=O) groups is 1. The van der Waals surface area contributed by atoms with Gasteiger partial charge < -0.3 is 0 Å². The van der Waals surface area contributed by atoms with Crippen molar-refractivity contribution in [1.29, 1.82) is 0 Å². The van der Waals surface area contributed by atoms with Crippen molar-refractivity contribution in [2.45, 2.75) is 13.8 Å². The van der Waals surface area contributed by atoms with Crippen LogP contribution in [0.25, 0.3) is 11.8 Å². The third-order valence-electron chi connectivity index (χ3n) is 3.86. The summed E-state index contributed by atoms with van der Waals surface area (Å²) in [7, 11) is 0. The molecular weight excluding hydrogens is 303 g/mol. The van der Waals surface area contributed by atoms with E-state index in [4.69, 9.17) is 0 Å². The smallest absolute Gasteiger partial charge is 0.189 e. The third kappa shape index (κ3) is 3.04. The van der Waals surface area contributed by atoms with E-state index in [2.05, 4.69) is 5.10 Å². The maximum absolute atomic E-state index is 13.6. The van der Waals surface area contributed by atoms with Crippen molar-refractivity contribution in [2.24, 2.45) is 0 Å². The van der Waals surface area contributed by atoms with Gasteiger partial charge in [0.2, 0.25) is 0 Å². The molecule has 1 aromatic heterocycles. The van der Waals surface area contributed by atoms with Gasteiger partial charge in [-0.1, -0.05) is 36.4 Å². The highest BCUT2D eigenvalue weighted by Crippen LogP contribution is 2.19. The summed E-state index contributed by atoms with van der Waals surface area (Å²) in [4.78, 5) is 12.6. The van der Waals surface area contributed by atoms with Gasteiger partial charge in [0, 0.05) is 5.56 Å². The quantitative estimate of drug-likeness (QED) is 0.523. The predicted octanol–water partition coefficient (Wildman–Crippen LogP) is 4.52. The number of allylic oxidation sites excluding steroid dienone is 1. The monoisotopic (exact) mass is 320 g/mol. The Kier molecular flexibility index (Phi) is 4.38. The lowest BCUT2D eigenvalue weighted by Gasteiger charge is -2.04. The van der Waals surface area contributed by atoms with Crippen molar-refractivity contribution in [3.8, 4) is 5.69 Å². The summed E-state index contributed by atoms with van der Waals surface area (Å²) < 4.78 is 15.4. The van der Waals surface area contributed by atoms with E-state index in [-0.39, 0.29) is 11.6 Å². The van der Waals surface area contributed by atoms with Gasteiger partial charge in [0.25, 0.3) is 0 Å². The Bertz CT molecular complexity index is 911. The first-order valence-corrected chi connectivity index (χ1v) is 7.66. The normalized spacial score (nSPS) is 11.1. The van der Waals surface area contributed by atoms with Crippen molar-refractivity contribution in [1.82, 2.24) is 9.78 Å². The van der Waals surface area contributed by atoms with Crippen LogP contribution in [0.1, 0.15) is 27.3 Å². The van der Waals surface area contributed by atoms with Crippen LogP contribution in [0.15, 0.2) is 60.7 Å². The minimum absolute atomic E-state index is 0.185. The van der Waals surface area contributed by atoms with Gasteiger partial charge in [-0.05, 0) is 44.2 Å². The SMILES string of the molecule is Cc1nn(-c2ccccc2)c(C)c1C(=O)C=Cc1ccccc1F. The summed E-state index contributed by atoms with van der Waals surface area (Å²) in [6, 6.07) is 16.0. The number of benzene rings is 2. The largest absolute Gasteiger partial charge is 0.289 e. The van der Waals surface area contributed by atoms with Crippen LogP contribution in [-0.2, 0) is 0 Å². The van der Waals surface area contributed by atoms with E-state index in [9.17, 15) is 9.18 Å². The summed E-state index contributed by atoms with van der Waals surface area (Å²) in [6.45, 7) is 3.66. The van der Waals surface area contributed by atoms with E-state index in [0.717, 1.165) is 11.4 Å². The van der Waals surface area contributed by atoms with Gasteiger partial charge in [-0.25, -0.2) is 9.07 Å². The van der Waals surface area contributed by atoms with Crippen LogP contribution in [0.3, 0.4) is 0 Å². The lowest BCUT2D eigenvalue weighted by Crippen LogP contribution is -2.01. The topological polar surface area (TPSA) is 34.9 Å². The zero-order valence-electron chi connectivity index (χ0n) is 13.5. The van der Waals surface area contributed by atoms with Gasteiger partial charge in [-0.15, -0.1) is 0 Å². The highest BCUT2D eigenvalue weighted by atomic mass is 19.1. The Morgan fingerprint density at radius 2 is 1.71 bits per heavy atom. The molecule has 0 N–H and O–H groups in total. The summed E-state index contributed by atoms with van der Waals surface area (Å²) in [6.07, 6.45) is 2.89. The molecule has 0 aliphatic carbocycles. The molecule has 3 aromatic rings.